The lowest BCUT2D eigenvalue weighted by Crippen LogP contribution is -2.34. The molecule has 1 N–H and O–H groups in total. The van der Waals surface area contributed by atoms with E-state index in [2.05, 4.69) is 0 Å². The van der Waals surface area contributed by atoms with E-state index in [4.69, 9.17) is 9.84 Å². The van der Waals surface area contributed by atoms with Gasteiger partial charge in [-0.05, 0) is 31.5 Å². The standard InChI is InChI=1S/C17H20F3NO4.ClH/c1-10(2)25-12-5-3-4-11(6-12)7-15(22)21-8-13(16(23)24)14(9-21)17(18,19)20;/h3-6,10,13-14H,7-9H2,1-2H3,(H,23,24);1H/t13-,14-;/m1./s1. The van der Waals surface area contributed by atoms with E-state index < -0.39 is 43.0 Å². The lowest BCUT2D eigenvalue weighted by atomic mass is 9.96. The largest absolute Gasteiger partial charge is 0.491 e. The van der Waals surface area contributed by atoms with Gasteiger partial charge in [0.15, 0.2) is 0 Å². The predicted octanol–water partition coefficient (Wildman–Crippen LogP) is 3.16. The Balaban J connectivity index is 0.00000338. The molecule has 1 heterocycles. The van der Waals surface area contributed by atoms with Gasteiger partial charge in [0.05, 0.1) is 24.4 Å². The Hall–Kier alpha value is -1.96. The Labute approximate surface area is 155 Å². The fourth-order valence-corrected chi connectivity index (χ4v) is 2.88. The lowest BCUT2D eigenvalue weighted by molar-refractivity contribution is -0.188. The van der Waals surface area contributed by atoms with Crippen LogP contribution in [-0.2, 0) is 16.0 Å². The zero-order chi connectivity index (χ0) is 18.8. The highest BCUT2D eigenvalue weighted by atomic mass is 35.5. The second kappa shape index (κ2) is 8.62. The van der Waals surface area contributed by atoms with Gasteiger partial charge in [0.2, 0.25) is 5.91 Å². The van der Waals surface area contributed by atoms with E-state index in [0.717, 1.165) is 4.90 Å². The Kier molecular flexibility index (Phi) is 7.32. The monoisotopic (exact) mass is 395 g/mol. The van der Waals surface area contributed by atoms with E-state index in [-0.39, 0.29) is 24.9 Å². The van der Waals surface area contributed by atoms with Gasteiger partial charge in [-0.3, -0.25) is 9.59 Å². The number of carboxylic acid groups (broad SMARTS) is 1. The van der Waals surface area contributed by atoms with Crippen LogP contribution in [0, 0.1) is 11.8 Å². The Morgan fingerprint density at radius 3 is 2.46 bits per heavy atom. The maximum absolute atomic E-state index is 13.0. The van der Waals surface area contributed by atoms with Crippen LogP contribution in [0.2, 0.25) is 0 Å². The number of halogens is 4. The SMILES string of the molecule is CC(C)Oc1cccc(CC(=O)N2C[C@@H](C(F)(F)F)[C@H](C(=O)O)C2)c1.Cl. The van der Waals surface area contributed by atoms with Gasteiger partial charge in [-0.25, -0.2) is 0 Å². The van der Waals surface area contributed by atoms with Crippen molar-refractivity contribution in [2.24, 2.45) is 11.8 Å². The molecule has 1 aliphatic rings. The van der Waals surface area contributed by atoms with Crippen molar-refractivity contribution in [3.05, 3.63) is 29.8 Å². The minimum Gasteiger partial charge on any atom is -0.491 e. The summed E-state index contributed by atoms with van der Waals surface area (Å²) in [6.45, 7) is 2.65. The molecular weight excluding hydrogens is 375 g/mol. The molecule has 0 spiro atoms. The summed E-state index contributed by atoms with van der Waals surface area (Å²) >= 11 is 0. The molecule has 1 saturated heterocycles. The molecule has 2 atom stereocenters. The fourth-order valence-electron chi connectivity index (χ4n) is 2.88. The normalized spacial score (nSPS) is 20.0. The van der Waals surface area contributed by atoms with E-state index in [1.807, 2.05) is 13.8 Å². The second-order valence-electron chi connectivity index (χ2n) is 6.38. The van der Waals surface area contributed by atoms with Crippen molar-refractivity contribution in [2.45, 2.75) is 32.5 Å². The summed E-state index contributed by atoms with van der Waals surface area (Å²) < 4.78 is 44.5. The molecule has 1 aliphatic heterocycles. The van der Waals surface area contributed by atoms with Crippen molar-refractivity contribution < 1.29 is 32.6 Å². The summed E-state index contributed by atoms with van der Waals surface area (Å²) in [5.41, 5.74) is 0.602. The van der Waals surface area contributed by atoms with Gasteiger partial charge in [-0.2, -0.15) is 13.2 Å². The van der Waals surface area contributed by atoms with Gasteiger partial charge >= 0.3 is 12.1 Å². The molecule has 9 heteroatoms. The van der Waals surface area contributed by atoms with Crippen LogP contribution in [0.25, 0.3) is 0 Å². The molecule has 1 aromatic carbocycles. The third-order valence-corrected chi connectivity index (χ3v) is 4.04. The molecule has 0 radical (unpaired) electrons. The van der Waals surface area contributed by atoms with Crippen molar-refractivity contribution in [3.63, 3.8) is 0 Å². The molecule has 2 rings (SSSR count). The van der Waals surface area contributed by atoms with E-state index in [1.165, 1.54) is 0 Å². The minimum absolute atomic E-state index is 0. The number of carboxylic acids is 1. The van der Waals surface area contributed by atoms with Crippen LogP contribution in [0.4, 0.5) is 13.2 Å². The van der Waals surface area contributed by atoms with E-state index in [9.17, 15) is 22.8 Å². The third-order valence-electron chi connectivity index (χ3n) is 4.04. The van der Waals surface area contributed by atoms with Crippen molar-refractivity contribution in [2.75, 3.05) is 13.1 Å². The number of carbonyl (C=O) groups excluding carboxylic acids is 1. The number of alkyl halides is 3. The summed E-state index contributed by atoms with van der Waals surface area (Å²) in [5, 5.41) is 9.00. The molecule has 1 fully saturated rings. The van der Waals surface area contributed by atoms with Crippen molar-refractivity contribution in [1.82, 2.24) is 4.90 Å². The van der Waals surface area contributed by atoms with Gasteiger partial charge in [-0.15, -0.1) is 12.4 Å². The van der Waals surface area contributed by atoms with Crippen LogP contribution in [-0.4, -0.2) is 47.3 Å². The smallest absolute Gasteiger partial charge is 0.394 e. The highest BCUT2D eigenvalue weighted by Crippen LogP contribution is 2.37. The number of rotatable bonds is 5. The van der Waals surface area contributed by atoms with Gasteiger partial charge in [0.1, 0.15) is 5.75 Å². The average molecular weight is 396 g/mol. The summed E-state index contributed by atoms with van der Waals surface area (Å²) in [7, 11) is 0. The first-order chi connectivity index (χ1) is 11.6. The van der Waals surface area contributed by atoms with E-state index >= 15 is 0 Å². The number of amides is 1. The quantitative estimate of drug-likeness (QED) is 0.831. The molecular formula is C17H21ClF3NO4. The van der Waals surface area contributed by atoms with E-state index in [0.29, 0.717) is 11.3 Å². The molecule has 0 saturated carbocycles. The fraction of sp³-hybridized carbons (Fsp3) is 0.529. The summed E-state index contributed by atoms with van der Waals surface area (Å²) in [5.74, 6) is -5.16. The average Bonchev–Trinajstić information content (AvgIpc) is 2.92. The number of hydrogen-bond donors (Lipinski definition) is 1. The second-order valence-corrected chi connectivity index (χ2v) is 6.38. The summed E-state index contributed by atoms with van der Waals surface area (Å²) in [6.07, 6.45) is -4.80. The molecule has 5 nitrogen and oxygen atoms in total. The topological polar surface area (TPSA) is 66.8 Å². The number of benzene rings is 1. The Bertz CT molecular complexity index is 651. The van der Waals surface area contributed by atoms with Crippen molar-refractivity contribution in [3.8, 4) is 5.75 Å². The highest BCUT2D eigenvalue weighted by Gasteiger charge is 2.53. The van der Waals surface area contributed by atoms with Crippen LogP contribution in [0.15, 0.2) is 24.3 Å². The molecule has 0 aliphatic carbocycles. The molecule has 26 heavy (non-hydrogen) atoms. The minimum atomic E-state index is -4.65. The van der Waals surface area contributed by atoms with Crippen LogP contribution >= 0.6 is 12.4 Å². The first-order valence-electron chi connectivity index (χ1n) is 7.91. The lowest BCUT2D eigenvalue weighted by Gasteiger charge is -2.18. The molecule has 1 aromatic rings. The molecule has 0 unspecified atom stereocenters. The van der Waals surface area contributed by atoms with Gasteiger partial charge in [-0.1, -0.05) is 12.1 Å². The van der Waals surface area contributed by atoms with Gasteiger partial charge < -0.3 is 14.7 Å². The van der Waals surface area contributed by atoms with Crippen molar-refractivity contribution in [1.29, 1.82) is 0 Å². The maximum Gasteiger partial charge on any atom is 0.394 e. The maximum atomic E-state index is 13.0. The summed E-state index contributed by atoms with van der Waals surface area (Å²) in [4.78, 5) is 24.4. The first-order valence-corrected chi connectivity index (χ1v) is 7.91. The zero-order valence-corrected chi connectivity index (χ0v) is 15.1. The predicted molar refractivity (Wildman–Crippen MR) is 90.4 cm³/mol. The van der Waals surface area contributed by atoms with Gasteiger partial charge in [0, 0.05) is 13.1 Å². The van der Waals surface area contributed by atoms with Crippen molar-refractivity contribution >= 4 is 24.3 Å². The van der Waals surface area contributed by atoms with E-state index in [1.54, 1.807) is 24.3 Å². The van der Waals surface area contributed by atoms with Gasteiger partial charge in [0.25, 0.3) is 0 Å². The first kappa shape index (κ1) is 22.1. The Morgan fingerprint density at radius 2 is 1.96 bits per heavy atom. The molecule has 1 amide bonds. The number of nitrogens with zero attached hydrogens (tertiary/aromatic N) is 1. The van der Waals surface area contributed by atoms with Crippen LogP contribution < -0.4 is 4.74 Å². The number of carbonyl (C=O) groups is 2. The van der Waals surface area contributed by atoms with Crippen LogP contribution in [0.1, 0.15) is 19.4 Å². The Morgan fingerprint density at radius 1 is 1.31 bits per heavy atom. The molecule has 0 bridgehead atoms. The highest BCUT2D eigenvalue weighted by molar-refractivity contribution is 5.85. The zero-order valence-electron chi connectivity index (χ0n) is 14.3. The molecule has 0 aromatic heterocycles. The summed E-state index contributed by atoms with van der Waals surface area (Å²) in [6, 6.07) is 6.76. The van der Waals surface area contributed by atoms with Crippen LogP contribution in [0.5, 0.6) is 5.75 Å². The number of likely N-dealkylation sites (tertiary alicyclic amines) is 1. The molecule has 146 valence electrons. The number of aliphatic carboxylic acids is 1. The van der Waals surface area contributed by atoms with Crippen LogP contribution in [0.3, 0.4) is 0 Å². The third kappa shape index (κ3) is 5.52. The number of ether oxygens (including phenoxy) is 1. The number of hydrogen-bond acceptors (Lipinski definition) is 3.